The number of likely N-dealkylation sites (tertiary alicyclic amines) is 1. The zero-order valence-electron chi connectivity index (χ0n) is 13.4. The maximum atomic E-state index is 6.46. The minimum Gasteiger partial charge on any atom is -0.370 e. The molecular weight excluding hydrogens is 278 g/mol. The van der Waals surface area contributed by atoms with E-state index in [1.165, 1.54) is 12.8 Å². The summed E-state index contributed by atoms with van der Waals surface area (Å²) in [6.07, 6.45) is 6.61. The summed E-state index contributed by atoms with van der Waals surface area (Å²) >= 11 is 0. The maximum Gasteiger partial charge on any atom is 0.219 e. The minimum atomic E-state index is 0.111. The van der Waals surface area contributed by atoms with Crippen LogP contribution in [-0.4, -0.2) is 65.2 Å². The lowest BCUT2D eigenvalue weighted by molar-refractivity contribution is 0.00143. The first kappa shape index (κ1) is 14.4. The van der Waals surface area contributed by atoms with Gasteiger partial charge in [0.2, 0.25) is 5.95 Å². The van der Waals surface area contributed by atoms with Crippen molar-refractivity contribution in [1.29, 1.82) is 0 Å². The molecule has 1 aromatic heterocycles. The van der Waals surface area contributed by atoms with Crippen LogP contribution < -0.4 is 5.73 Å². The van der Waals surface area contributed by atoms with Crippen LogP contribution in [0.3, 0.4) is 0 Å². The summed E-state index contributed by atoms with van der Waals surface area (Å²) in [5.41, 5.74) is 6.80. The Balaban J connectivity index is 1.47. The largest absolute Gasteiger partial charge is 0.370 e. The van der Waals surface area contributed by atoms with Crippen molar-refractivity contribution in [2.24, 2.45) is 11.8 Å². The first-order valence-electron chi connectivity index (χ1n) is 8.17. The van der Waals surface area contributed by atoms with Crippen LogP contribution in [-0.2, 0) is 11.3 Å². The van der Waals surface area contributed by atoms with Crippen molar-refractivity contribution in [3.63, 3.8) is 0 Å². The van der Waals surface area contributed by atoms with E-state index in [1.54, 1.807) is 0 Å². The molecule has 22 heavy (non-hydrogen) atoms. The predicted octanol–water partition coefficient (Wildman–Crippen LogP) is 0.600. The van der Waals surface area contributed by atoms with Crippen LogP contribution in [0.15, 0.2) is 12.4 Å². The average Bonchev–Trinajstić information content (AvgIpc) is 3.10. The van der Waals surface area contributed by atoms with Crippen LogP contribution in [0.4, 0.5) is 5.95 Å². The Labute approximate surface area is 131 Å². The number of nitrogen functional groups attached to an aromatic ring is 1. The van der Waals surface area contributed by atoms with Crippen LogP contribution in [0.25, 0.3) is 0 Å². The summed E-state index contributed by atoms with van der Waals surface area (Å²) in [7, 11) is 4.33. The van der Waals surface area contributed by atoms with Gasteiger partial charge in [0.25, 0.3) is 0 Å². The molecule has 0 amide bonds. The zero-order chi connectivity index (χ0) is 15.3. The van der Waals surface area contributed by atoms with E-state index in [4.69, 9.17) is 10.5 Å². The third kappa shape index (κ3) is 2.30. The maximum absolute atomic E-state index is 6.46. The second-order valence-corrected chi connectivity index (χ2v) is 7.41. The minimum absolute atomic E-state index is 0.111. The van der Waals surface area contributed by atoms with Crippen molar-refractivity contribution in [1.82, 2.24) is 19.8 Å². The molecule has 1 spiro atoms. The highest BCUT2D eigenvalue weighted by atomic mass is 16.5. The molecule has 6 heteroatoms. The Kier molecular flexibility index (Phi) is 3.36. The van der Waals surface area contributed by atoms with Gasteiger partial charge in [-0.25, -0.2) is 9.97 Å². The van der Waals surface area contributed by atoms with E-state index in [2.05, 4.69) is 33.9 Å². The van der Waals surface area contributed by atoms with Crippen molar-refractivity contribution in [3.05, 3.63) is 18.0 Å². The van der Waals surface area contributed by atoms with Gasteiger partial charge in [-0.15, -0.1) is 0 Å². The first-order chi connectivity index (χ1) is 10.6. The van der Waals surface area contributed by atoms with Gasteiger partial charge in [-0.2, -0.15) is 0 Å². The monoisotopic (exact) mass is 303 g/mol. The molecule has 4 heterocycles. The summed E-state index contributed by atoms with van der Waals surface area (Å²) in [5, 5.41) is 0. The lowest BCUT2D eigenvalue weighted by Crippen LogP contribution is -2.40. The van der Waals surface area contributed by atoms with Gasteiger partial charge in [0.05, 0.1) is 11.7 Å². The van der Waals surface area contributed by atoms with Gasteiger partial charge in [0, 0.05) is 56.0 Å². The number of hydrogen-bond acceptors (Lipinski definition) is 6. The Morgan fingerprint density at radius 2 is 2.18 bits per heavy atom. The molecule has 0 aromatic carbocycles. The smallest absolute Gasteiger partial charge is 0.219 e. The van der Waals surface area contributed by atoms with E-state index in [-0.39, 0.29) is 5.60 Å². The standard InChI is InChI=1S/C16H25N5O/c1-20(2)8-12-13-9-21(7-11-5-18-15(17)19-6-11)10-16(13)4-3-14(12)22-16/h5-6,12-14H,3-4,7-10H2,1-2H3,(H2,17,18,19)/t12-,13+,14+,16+/m1/s1. The lowest BCUT2D eigenvalue weighted by Gasteiger charge is -2.31. The van der Waals surface area contributed by atoms with Crippen LogP contribution >= 0.6 is 0 Å². The van der Waals surface area contributed by atoms with Crippen molar-refractivity contribution in [3.8, 4) is 0 Å². The van der Waals surface area contributed by atoms with E-state index in [1.807, 2.05) is 12.4 Å². The van der Waals surface area contributed by atoms with E-state index in [9.17, 15) is 0 Å². The number of aromatic nitrogens is 2. The van der Waals surface area contributed by atoms with Crippen LogP contribution in [0.1, 0.15) is 18.4 Å². The molecule has 4 atom stereocenters. The third-order valence-electron chi connectivity index (χ3n) is 5.56. The van der Waals surface area contributed by atoms with Gasteiger partial charge in [-0.1, -0.05) is 0 Å². The molecule has 4 rings (SSSR count). The molecule has 1 aromatic rings. The van der Waals surface area contributed by atoms with Crippen LogP contribution in [0.2, 0.25) is 0 Å². The molecule has 0 saturated carbocycles. The molecule has 120 valence electrons. The zero-order valence-corrected chi connectivity index (χ0v) is 13.4. The van der Waals surface area contributed by atoms with Gasteiger partial charge in [0.1, 0.15) is 0 Å². The van der Waals surface area contributed by atoms with Crippen LogP contribution in [0, 0.1) is 11.8 Å². The van der Waals surface area contributed by atoms with Crippen LogP contribution in [0.5, 0.6) is 0 Å². The van der Waals surface area contributed by atoms with E-state index >= 15 is 0 Å². The molecule has 0 aliphatic carbocycles. The molecule has 0 radical (unpaired) electrons. The van der Waals surface area contributed by atoms with Gasteiger partial charge in [0.15, 0.2) is 0 Å². The number of ether oxygens (including phenoxy) is 1. The fraction of sp³-hybridized carbons (Fsp3) is 0.750. The second kappa shape index (κ2) is 5.15. The number of nitrogens with two attached hydrogens (primary N) is 1. The average molecular weight is 303 g/mol. The summed E-state index contributed by atoms with van der Waals surface area (Å²) in [5.74, 6) is 1.69. The molecule has 2 bridgehead atoms. The second-order valence-electron chi connectivity index (χ2n) is 7.41. The molecule has 0 unspecified atom stereocenters. The Bertz CT molecular complexity index is 548. The number of fused-ring (bicyclic) bond motifs is 1. The number of rotatable bonds is 4. The fourth-order valence-corrected chi connectivity index (χ4v) is 4.78. The Hall–Kier alpha value is -1.24. The predicted molar refractivity (Wildman–Crippen MR) is 84.1 cm³/mol. The molecule has 2 N–H and O–H groups in total. The Morgan fingerprint density at radius 1 is 1.41 bits per heavy atom. The summed E-state index contributed by atoms with van der Waals surface area (Å²) in [6.45, 7) is 4.19. The molecule has 3 fully saturated rings. The summed E-state index contributed by atoms with van der Waals surface area (Å²) in [4.78, 5) is 13.0. The number of hydrogen-bond donors (Lipinski definition) is 1. The summed E-state index contributed by atoms with van der Waals surface area (Å²) < 4.78 is 6.46. The van der Waals surface area contributed by atoms with Crippen molar-refractivity contribution >= 4 is 5.95 Å². The molecule has 3 aliphatic rings. The molecular formula is C16H25N5O. The first-order valence-corrected chi connectivity index (χ1v) is 8.17. The lowest BCUT2D eigenvalue weighted by atomic mass is 9.73. The number of nitrogens with zero attached hydrogens (tertiary/aromatic N) is 4. The highest BCUT2D eigenvalue weighted by Gasteiger charge is 2.62. The summed E-state index contributed by atoms with van der Waals surface area (Å²) in [6, 6.07) is 0. The van der Waals surface area contributed by atoms with Crippen molar-refractivity contribution < 1.29 is 4.74 Å². The number of anilines is 1. The van der Waals surface area contributed by atoms with Gasteiger partial charge < -0.3 is 15.4 Å². The molecule has 3 aliphatic heterocycles. The van der Waals surface area contributed by atoms with E-state index in [0.29, 0.717) is 23.9 Å². The quantitative estimate of drug-likeness (QED) is 0.878. The topological polar surface area (TPSA) is 67.5 Å². The van der Waals surface area contributed by atoms with E-state index < -0.39 is 0 Å². The van der Waals surface area contributed by atoms with Gasteiger partial charge in [-0.05, 0) is 26.9 Å². The van der Waals surface area contributed by atoms with Gasteiger partial charge in [-0.3, -0.25) is 4.90 Å². The fourth-order valence-electron chi connectivity index (χ4n) is 4.78. The van der Waals surface area contributed by atoms with Crippen molar-refractivity contribution in [2.75, 3.05) is 39.5 Å². The highest BCUT2D eigenvalue weighted by molar-refractivity contribution is 5.18. The normalized spacial score (nSPS) is 37.1. The van der Waals surface area contributed by atoms with E-state index in [0.717, 1.165) is 31.7 Å². The molecule has 3 saturated heterocycles. The SMILES string of the molecule is CN(C)C[C@H]1[C@@H]2CC[C@@]3(CN(Cc4cnc(N)nc4)C[C@@H]13)O2. The Morgan fingerprint density at radius 3 is 2.91 bits per heavy atom. The van der Waals surface area contributed by atoms with Gasteiger partial charge >= 0.3 is 0 Å². The molecule has 6 nitrogen and oxygen atoms in total. The highest BCUT2D eigenvalue weighted by Crippen LogP contribution is 2.55. The third-order valence-corrected chi connectivity index (χ3v) is 5.56. The van der Waals surface area contributed by atoms with Crippen molar-refractivity contribution in [2.45, 2.75) is 31.1 Å².